The van der Waals surface area contributed by atoms with Gasteiger partial charge in [-0.3, -0.25) is 9.78 Å². The summed E-state index contributed by atoms with van der Waals surface area (Å²) in [4.78, 5) is 28.9. The van der Waals surface area contributed by atoms with Gasteiger partial charge in [0.2, 0.25) is 0 Å². The fraction of sp³-hybridized carbons (Fsp3) is 0.286. The van der Waals surface area contributed by atoms with Crippen LogP contribution in [0.1, 0.15) is 66.2 Å². The van der Waals surface area contributed by atoms with Gasteiger partial charge in [0, 0.05) is 24.0 Å². The lowest BCUT2D eigenvalue weighted by atomic mass is 9.97. The quantitative estimate of drug-likeness (QED) is 0.259. The van der Waals surface area contributed by atoms with Crippen LogP contribution in [0.5, 0.6) is 0 Å². The molecule has 0 N–H and O–H groups in total. The van der Waals surface area contributed by atoms with Gasteiger partial charge in [0.05, 0.1) is 23.0 Å². The van der Waals surface area contributed by atoms with Crippen LogP contribution in [0.3, 0.4) is 0 Å². The predicted octanol–water partition coefficient (Wildman–Crippen LogP) is 6.27. The molecular formula is C28H27FN2O2. The van der Waals surface area contributed by atoms with E-state index < -0.39 is 0 Å². The van der Waals surface area contributed by atoms with Gasteiger partial charge in [0.1, 0.15) is 11.6 Å². The van der Waals surface area contributed by atoms with Crippen molar-refractivity contribution in [2.24, 2.45) is 0 Å². The molecule has 3 rings (SSSR count). The molecule has 0 bridgehead atoms. The molecule has 0 unspecified atom stereocenters. The van der Waals surface area contributed by atoms with E-state index >= 15 is 0 Å². The molecule has 33 heavy (non-hydrogen) atoms. The Bertz CT molecular complexity index is 1180. The van der Waals surface area contributed by atoms with Gasteiger partial charge in [0.15, 0.2) is 5.78 Å². The molecular weight excluding hydrogens is 415 g/mol. The zero-order valence-corrected chi connectivity index (χ0v) is 18.8. The first-order valence-corrected chi connectivity index (χ1v) is 11.2. The number of aromatic nitrogens is 1. The summed E-state index contributed by atoms with van der Waals surface area (Å²) in [5.74, 6) is -0.128. The van der Waals surface area contributed by atoms with Gasteiger partial charge in [0.25, 0.3) is 0 Å². The summed E-state index contributed by atoms with van der Waals surface area (Å²) in [6, 6.07) is 19.6. The van der Waals surface area contributed by atoms with Crippen LogP contribution < -0.4 is 0 Å². The minimum atomic E-state index is -0.262. The highest BCUT2D eigenvalue weighted by Crippen LogP contribution is 2.25. The van der Waals surface area contributed by atoms with Crippen molar-refractivity contribution in [3.05, 3.63) is 88.9 Å². The molecule has 0 atom stereocenters. The van der Waals surface area contributed by atoms with Crippen LogP contribution in [0.2, 0.25) is 0 Å². The molecule has 0 saturated heterocycles. The monoisotopic (exact) mass is 442 g/mol. The van der Waals surface area contributed by atoms with Gasteiger partial charge in [-0.2, -0.15) is 5.26 Å². The Hall–Kier alpha value is -3.65. The van der Waals surface area contributed by atoms with Crippen LogP contribution in [0.25, 0.3) is 11.3 Å². The largest absolute Gasteiger partial charge is 0.300 e. The first-order valence-electron chi connectivity index (χ1n) is 11.2. The van der Waals surface area contributed by atoms with Crippen molar-refractivity contribution in [2.45, 2.75) is 51.9 Å². The predicted molar refractivity (Wildman–Crippen MR) is 126 cm³/mol. The third-order valence-corrected chi connectivity index (χ3v) is 5.55. The third kappa shape index (κ3) is 6.92. The Balaban J connectivity index is 1.82. The second-order valence-corrected chi connectivity index (χ2v) is 8.16. The van der Waals surface area contributed by atoms with E-state index in [1.807, 2.05) is 18.2 Å². The summed E-state index contributed by atoms with van der Waals surface area (Å²) in [7, 11) is 0. The van der Waals surface area contributed by atoms with Gasteiger partial charge >= 0.3 is 0 Å². The molecule has 0 spiro atoms. The Morgan fingerprint density at radius 1 is 0.939 bits per heavy atom. The lowest BCUT2D eigenvalue weighted by Crippen LogP contribution is -2.08. The van der Waals surface area contributed by atoms with Crippen LogP contribution in [-0.2, 0) is 17.6 Å². The van der Waals surface area contributed by atoms with E-state index in [2.05, 4.69) is 6.07 Å². The highest BCUT2D eigenvalue weighted by atomic mass is 19.1. The molecule has 0 aliphatic rings. The average molecular weight is 443 g/mol. The summed E-state index contributed by atoms with van der Waals surface area (Å²) >= 11 is 0. The Morgan fingerprint density at radius 2 is 1.73 bits per heavy atom. The maximum Gasteiger partial charge on any atom is 0.164 e. The van der Waals surface area contributed by atoms with Crippen molar-refractivity contribution in [3.63, 3.8) is 0 Å². The van der Waals surface area contributed by atoms with Crippen molar-refractivity contribution in [3.8, 4) is 17.3 Å². The lowest BCUT2D eigenvalue weighted by molar-refractivity contribution is -0.117. The van der Waals surface area contributed by atoms with E-state index in [1.54, 1.807) is 37.3 Å². The third-order valence-electron chi connectivity index (χ3n) is 5.55. The fourth-order valence-corrected chi connectivity index (χ4v) is 3.85. The zero-order valence-electron chi connectivity index (χ0n) is 18.8. The molecule has 1 aromatic heterocycles. The van der Waals surface area contributed by atoms with E-state index in [0.29, 0.717) is 67.5 Å². The molecule has 2 aromatic carbocycles. The van der Waals surface area contributed by atoms with Gasteiger partial charge in [-0.1, -0.05) is 30.3 Å². The molecule has 0 saturated carbocycles. The second kappa shape index (κ2) is 11.8. The molecule has 168 valence electrons. The normalized spacial score (nSPS) is 10.6. The maximum atomic E-state index is 13.5. The molecule has 0 fully saturated rings. The average Bonchev–Trinajstić information content (AvgIpc) is 2.81. The van der Waals surface area contributed by atoms with Gasteiger partial charge in [-0.05, 0) is 74.9 Å². The van der Waals surface area contributed by atoms with Crippen LogP contribution >= 0.6 is 0 Å². The van der Waals surface area contributed by atoms with E-state index in [1.165, 1.54) is 12.1 Å². The van der Waals surface area contributed by atoms with Gasteiger partial charge < -0.3 is 4.79 Å². The van der Waals surface area contributed by atoms with E-state index in [4.69, 9.17) is 4.98 Å². The molecule has 1 heterocycles. The van der Waals surface area contributed by atoms with Crippen molar-refractivity contribution in [2.75, 3.05) is 0 Å². The summed E-state index contributed by atoms with van der Waals surface area (Å²) < 4.78 is 13.5. The number of ketones is 2. The van der Waals surface area contributed by atoms with E-state index in [9.17, 15) is 19.2 Å². The second-order valence-electron chi connectivity index (χ2n) is 8.16. The minimum Gasteiger partial charge on any atom is -0.300 e. The highest BCUT2D eigenvalue weighted by molar-refractivity contribution is 5.97. The number of nitriles is 1. The van der Waals surface area contributed by atoms with Crippen molar-refractivity contribution in [1.29, 1.82) is 5.26 Å². The van der Waals surface area contributed by atoms with E-state index in [-0.39, 0.29) is 17.4 Å². The molecule has 0 aliphatic heterocycles. The number of unbranched alkanes of at least 4 members (excludes halogenated alkanes) is 1. The Labute approximate surface area is 194 Å². The van der Waals surface area contributed by atoms with Crippen molar-refractivity contribution < 1.29 is 14.0 Å². The van der Waals surface area contributed by atoms with Crippen LogP contribution in [-0.4, -0.2) is 16.6 Å². The lowest BCUT2D eigenvalue weighted by Gasteiger charge is -2.12. The zero-order chi connectivity index (χ0) is 23.6. The van der Waals surface area contributed by atoms with Crippen LogP contribution in [0.4, 0.5) is 4.39 Å². The number of carbonyl (C=O) groups excluding carboxylic acids is 2. The first-order chi connectivity index (χ1) is 16.0. The number of carbonyl (C=O) groups is 2. The van der Waals surface area contributed by atoms with Crippen molar-refractivity contribution >= 4 is 11.6 Å². The highest BCUT2D eigenvalue weighted by Gasteiger charge is 2.15. The Morgan fingerprint density at radius 3 is 2.48 bits per heavy atom. The first kappa shape index (κ1) is 24.0. The molecule has 4 nitrogen and oxygen atoms in total. The Kier molecular flexibility index (Phi) is 8.60. The number of rotatable bonds is 11. The summed E-state index contributed by atoms with van der Waals surface area (Å²) in [6.45, 7) is 1.56. The number of benzene rings is 2. The molecule has 3 aromatic rings. The summed E-state index contributed by atoms with van der Waals surface area (Å²) in [5, 5.41) is 9.45. The SMILES string of the molecule is CC(=O)CCCCC(=O)c1ccc(-c2ccccc2C#N)nc1CCCc1cccc(F)c1. The molecule has 0 aliphatic carbocycles. The van der Waals surface area contributed by atoms with Crippen LogP contribution in [0.15, 0.2) is 60.7 Å². The summed E-state index contributed by atoms with van der Waals surface area (Å²) in [5.41, 5.74) is 4.08. The van der Waals surface area contributed by atoms with Crippen molar-refractivity contribution in [1.82, 2.24) is 4.98 Å². The molecule has 5 heteroatoms. The number of nitrogens with zero attached hydrogens (tertiary/aromatic N) is 2. The van der Waals surface area contributed by atoms with E-state index in [0.717, 1.165) is 11.1 Å². The maximum absolute atomic E-state index is 13.5. The smallest absolute Gasteiger partial charge is 0.164 e. The summed E-state index contributed by atoms with van der Waals surface area (Å²) in [6.07, 6.45) is 4.13. The number of halogens is 1. The topological polar surface area (TPSA) is 70.8 Å². The number of Topliss-reactive ketones (excluding diaryl/α,β-unsaturated/α-hetero) is 2. The standard InChI is InChI=1S/C28H27FN2O2/c1-20(32)8-2-5-15-28(33)25-16-17-27(24-13-4-3-11-22(24)19-30)31-26(25)14-7-10-21-9-6-12-23(29)18-21/h3-4,6,9,11-13,16-18H,2,5,7-8,10,14-15H2,1H3. The number of hydrogen-bond acceptors (Lipinski definition) is 4. The fourth-order valence-electron chi connectivity index (χ4n) is 3.85. The van der Waals surface area contributed by atoms with Gasteiger partial charge in [-0.15, -0.1) is 0 Å². The number of aryl methyl sites for hydroxylation is 2. The van der Waals surface area contributed by atoms with Gasteiger partial charge in [-0.25, -0.2) is 4.39 Å². The number of pyridine rings is 1. The van der Waals surface area contributed by atoms with Crippen LogP contribution in [0, 0.1) is 17.1 Å². The minimum absolute atomic E-state index is 0.00641. The molecule has 0 radical (unpaired) electrons. The molecule has 0 amide bonds. The number of hydrogen-bond donors (Lipinski definition) is 0.